The molecule has 7 heteroatoms. The third kappa shape index (κ3) is 5.52. The fourth-order valence-corrected chi connectivity index (χ4v) is 2.26. The minimum atomic E-state index is -3.72. The van der Waals surface area contributed by atoms with E-state index < -0.39 is 22.5 Å². The summed E-state index contributed by atoms with van der Waals surface area (Å²) in [7, 11) is -3.72. The fourth-order valence-electron chi connectivity index (χ4n) is 1.29. The van der Waals surface area contributed by atoms with Crippen LogP contribution in [0.1, 0.15) is 5.56 Å². The van der Waals surface area contributed by atoms with Crippen LogP contribution >= 0.6 is 0 Å². The van der Waals surface area contributed by atoms with Crippen LogP contribution in [0.2, 0.25) is 0 Å². The summed E-state index contributed by atoms with van der Waals surface area (Å²) in [4.78, 5) is 11.4. The van der Waals surface area contributed by atoms with Gasteiger partial charge in [0.2, 0.25) is 10.0 Å². The van der Waals surface area contributed by atoms with E-state index in [-0.39, 0.29) is 18.1 Å². The molecule has 0 radical (unpaired) electrons. The summed E-state index contributed by atoms with van der Waals surface area (Å²) in [5.41, 5.74) is 0.944. The van der Waals surface area contributed by atoms with Crippen LogP contribution in [0.4, 0.5) is 0 Å². The minimum absolute atomic E-state index is 0.00828. The van der Waals surface area contributed by atoms with E-state index >= 15 is 0 Å². The molecule has 1 aromatic rings. The lowest BCUT2D eigenvalue weighted by atomic mass is 10.2. The van der Waals surface area contributed by atoms with Gasteiger partial charge in [-0.15, -0.1) is 0 Å². The lowest BCUT2D eigenvalue weighted by molar-refractivity contribution is -0.140. The lowest BCUT2D eigenvalue weighted by Gasteiger charge is -2.06. The molecule has 0 saturated carbocycles. The number of carbonyl (C=O) groups excluding carboxylic acids is 1. The Balaban J connectivity index is 2.49. The Hall–Kier alpha value is -1.70. The van der Waals surface area contributed by atoms with Gasteiger partial charge in [-0.1, -0.05) is 23.8 Å². The van der Waals surface area contributed by atoms with Gasteiger partial charge in [-0.3, -0.25) is 4.79 Å². The Labute approximate surface area is 118 Å². The van der Waals surface area contributed by atoms with Gasteiger partial charge in [0.1, 0.15) is 13.2 Å². The zero-order valence-corrected chi connectivity index (χ0v) is 11.9. The zero-order chi connectivity index (χ0) is 15.0. The molecule has 0 aliphatic rings. The Bertz CT molecular complexity index is 563. The maximum absolute atomic E-state index is 11.9. The molecule has 0 unspecified atom stereocenters. The Kier molecular flexibility index (Phi) is 6.37. The average molecular weight is 299 g/mol. The number of hydrogen-bond donors (Lipinski definition) is 2. The maximum atomic E-state index is 11.9. The van der Waals surface area contributed by atoms with Crippen molar-refractivity contribution in [3.63, 3.8) is 0 Å². The molecule has 0 saturated heterocycles. The molecule has 0 amide bonds. The molecule has 0 aliphatic carbocycles. The minimum Gasteiger partial charge on any atom is -0.460 e. The molecule has 6 nitrogen and oxygen atoms in total. The molecule has 0 aliphatic heterocycles. The normalized spacial score (nSPS) is 11.7. The summed E-state index contributed by atoms with van der Waals surface area (Å²) in [5, 5.41) is 8.47. The van der Waals surface area contributed by atoms with Gasteiger partial charge in [0.25, 0.3) is 0 Å². The van der Waals surface area contributed by atoms with Crippen LogP contribution in [0, 0.1) is 6.92 Å². The van der Waals surface area contributed by atoms with Crippen LogP contribution in [-0.2, 0) is 19.6 Å². The van der Waals surface area contributed by atoms with Gasteiger partial charge in [-0.05, 0) is 25.1 Å². The van der Waals surface area contributed by atoms with Crippen LogP contribution in [0.25, 0.3) is 0 Å². The summed E-state index contributed by atoms with van der Waals surface area (Å²) in [5.74, 6) is -0.691. The SMILES string of the molecule is Cc1ccc(S(=O)(=O)NCC(=O)OC/C=C\CO)cc1. The first-order valence-corrected chi connectivity index (χ1v) is 7.42. The van der Waals surface area contributed by atoms with Gasteiger partial charge in [0, 0.05) is 0 Å². The molecule has 110 valence electrons. The Morgan fingerprint density at radius 2 is 1.95 bits per heavy atom. The third-order valence-corrected chi connectivity index (χ3v) is 3.77. The highest BCUT2D eigenvalue weighted by molar-refractivity contribution is 7.89. The number of aliphatic hydroxyl groups is 1. The van der Waals surface area contributed by atoms with Crippen molar-refractivity contribution in [1.29, 1.82) is 0 Å². The van der Waals surface area contributed by atoms with E-state index in [1.54, 1.807) is 12.1 Å². The number of aryl methyl sites for hydroxylation is 1. The Morgan fingerprint density at radius 3 is 2.55 bits per heavy atom. The molecule has 0 fully saturated rings. The number of esters is 1. The van der Waals surface area contributed by atoms with Crippen molar-refractivity contribution in [2.75, 3.05) is 19.8 Å². The second kappa shape index (κ2) is 7.78. The highest BCUT2D eigenvalue weighted by Gasteiger charge is 2.15. The van der Waals surface area contributed by atoms with Gasteiger partial charge < -0.3 is 9.84 Å². The molecule has 1 aromatic carbocycles. The number of hydrogen-bond acceptors (Lipinski definition) is 5. The highest BCUT2D eigenvalue weighted by atomic mass is 32.2. The fraction of sp³-hybridized carbons (Fsp3) is 0.308. The van der Waals surface area contributed by atoms with Crippen LogP contribution < -0.4 is 4.72 Å². The number of benzene rings is 1. The average Bonchev–Trinajstić information content (AvgIpc) is 2.42. The second-order valence-electron chi connectivity index (χ2n) is 3.97. The summed E-state index contributed by atoms with van der Waals surface area (Å²) in [6.45, 7) is 1.26. The largest absolute Gasteiger partial charge is 0.460 e. The summed E-state index contributed by atoms with van der Waals surface area (Å²) in [6.07, 6.45) is 2.89. The van der Waals surface area contributed by atoms with Crippen LogP contribution in [0.5, 0.6) is 0 Å². The molecule has 1 rings (SSSR count). The van der Waals surface area contributed by atoms with Crippen LogP contribution in [0.15, 0.2) is 41.3 Å². The first-order chi connectivity index (χ1) is 9.45. The number of sulfonamides is 1. The van der Waals surface area contributed by atoms with E-state index in [4.69, 9.17) is 9.84 Å². The first kappa shape index (κ1) is 16.4. The van der Waals surface area contributed by atoms with Crippen molar-refractivity contribution in [2.24, 2.45) is 0 Å². The van der Waals surface area contributed by atoms with Crippen molar-refractivity contribution in [1.82, 2.24) is 4.72 Å². The second-order valence-corrected chi connectivity index (χ2v) is 5.74. The number of carbonyl (C=O) groups is 1. The van der Waals surface area contributed by atoms with Gasteiger partial charge >= 0.3 is 5.97 Å². The molecule has 2 N–H and O–H groups in total. The van der Waals surface area contributed by atoms with Crippen LogP contribution in [0.3, 0.4) is 0 Å². The zero-order valence-electron chi connectivity index (χ0n) is 11.1. The van der Waals surface area contributed by atoms with Crippen molar-refractivity contribution in [3.05, 3.63) is 42.0 Å². The maximum Gasteiger partial charge on any atom is 0.321 e. The first-order valence-electron chi connectivity index (χ1n) is 5.93. The molecule has 0 atom stereocenters. The molecular weight excluding hydrogens is 282 g/mol. The van der Waals surface area contributed by atoms with Gasteiger partial charge in [-0.2, -0.15) is 4.72 Å². The molecule has 0 bridgehead atoms. The smallest absolute Gasteiger partial charge is 0.321 e. The predicted octanol–water partition coefficient (Wildman–Crippen LogP) is 0.365. The standard InChI is InChI=1S/C13H17NO5S/c1-11-4-6-12(7-5-11)20(17,18)14-10-13(16)19-9-3-2-8-15/h2-7,14-15H,8-10H2,1H3/b3-2-. The quantitative estimate of drug-likeness (QED) is 0.560. The van der Waals surface area contributed by atoms with Crippen molar-refractivity contribution >= 4 is 16.0 Å². The van der Waals surface area contributed by atoms with E-state index in [1.165, 1.54) is 24.3 Å². The molecule has 20 heavy (non-hydrogen) atoms. The highest BCUT2D eigenvalue weighted by Crippen LogP contribution is 2.09. The van der Waals surface area contributed by atoms with Crippen molar-refractivity contribution < 1.29 is 23.1 Å². The number of nitrogens with one attached hydrogen (secondary N) is 1. The van der Waals surface area contributed by atoms with Gasteiger partial charge in [-0.25, -0.2) is 8.42 Å². The lowest BCUT2D eigenvalue weighted by Crippen LogP contribution is -2.30. The van der Waals surface area contributed by atoms with Crippen molar-refractivity contribution in [3.8, 4) is 0 Å². The topological polar surface area (TPSA) is 92.7 Å². The van der Waals surface area contributed by atoms with Crippen molar-refractivity contribution in [2.45, 2.75) is 11.8 Å². The number of ether oxygens (including phenoxy) is 1. The summed E-state index contributed by atoms with van der Waals surface area (Å²) < 4.78 is 30.6. The summed E-state index contributed by atoms with van der Waals surface area (Å²) in [6, 6.07) is 6.28. The van der Waals surface area contributed by atoms with E-state index in [9.17, 15) is 13.2 Å². The number of aliphatic hydroxyl groups excluding tert-OH is 1. The number of rotatable bonds is 7. The van der Waals surface area contributed by atoms with Gasteiger partial charge in [0.15, 0.2) is 0 Å². The molecule has 0 aromatic heterocycles. The monoisotopic (exact) mass is 299 g/mol. The van der Waals surface area contributed by atoms with E-state index in [1.807, 2.05) is 6.92 Å². The molecule has 0 spiro atoms. The predicted molar refractivity (Wildman–Crippen MR) is 73.6 cm³/mol. The summed E-state index contributed by atoms with van der Waals surface area (Å²) >= 11 is 0. The molecule has 0 heterocycles. The molecular formula is C13H17NO5S. The third-order valence-electron chi connectivity index (χ3n) is 2.35. The van der Waals surface area contributed by atoms with Crippen LogP contribution in [-0.4, -0.2) is 39.3 Å². The van der Waals surface area contributed by atoms with E-state index in [0.717, 1.165) is 5.56 Å². The van der Waals surface area contributed by atoms with Gasteiger partial charge in [0.05, 0.1) is 11.5 Å². The van der Waals surface area contributed by atoms with E-state index in [2.05, 4.69) is 4.72 Å². The Morgan fingerprint density at radius 1 is 1.30 bits per heavy atom. The van der Waals surface area contributed by atoms with E-state index in [0.29, 0.717) is 0 Å².